The summed E-state index contributed by atoms with van der Waals surface area (Å²) >= 11 is 0. The number of carbonyl (C=O) groups excluding carboxylic acids is 1. The Morgan fingerprint density at radius 3 is 2.73 bits per heavy atom. The Bertz CT molecular complexity index is 494. The van der Waals surface area contributed by atoms with Gasteiger partial charge in [0.15, 0.2) is 0 Å². The zero-order chi connectivity index (χ0) is 16.0. The monoisotopic (exact) mass is 307 g/mol. The third-order valence-corrected chi connectivity index (χ3v) is 3.16. The number of pyridine rings is 1. The van der Waals surface area contributed by atoms with E-state index in [-0.39, 0.29) is 0 Å². The minimum absolute atomic E-state index is 0.357. The number of hydrogen-bond donors (Lipinski definition) is 1. The van der Waals surface area contributed by atoms with Gasteiger partial charge in [0.1, 0.15) is 18.0 Å². The van der Waals surface area contributed by atoms with Gasteiger partial charge in [-0.05, 0) is 39.7 Å². The topological polar surface area (TPSA) is 63.7 Å². The van der Waals surface area contributed by atoms with Gasteiger partial charge in [0.2, 0.25) is 5.88 Å². The quantitative estimate of drug-likeness (QED) is 0.847. The van der Waals surface area contributed by atoms with Gasteiger partial charge in [-0.25, -0.2) is 4.79 Å². The van der Waals surface area contributed by atoms with Crippen LogP contribution in [0.4, 0.5) is 10.6 Å². The van der Waals surface area contributed by atoms with Crippen molar-refractivity contribution in [3.8, 4) is 5.88 Å². The van der Waals surface area contributed by atoms with Gasteiger partial charge in [-0.15, -0.1) is 0 Å². The van der Waals surface area contributed by atoms with E-state index in [1.54, 1.807) is 0 Å². The van der Waals surface area contributed by atoms with E-state index >= 15 is 0 Å². The highest BCUT2D eigenvalue weighted by atomic mass is 16.6. The molecule has 1 saturated heterocycles. The maximum absolute atomic E-state index is 11.5. The van der Waals surface area contributed by atoms with Crippen LogP contribution in [0.5, 0.6) is 5.88 Å². The normalized spacial score (nSPS) is 14.8. The molecule has 1 N–H and O–H groups in total. The predicted octanol–water partition coefficient (Wildman–Crippen LogP) is 2.59. The van der Waals surface area contributed by atoms with E-state index in [0.717, 1.165) is 18.9 Å². The third-order valence-electron chi connectivity index (χ3n) is 3.16. The van der Waals surface area contributed by atoms with Crippen molar-refractivity contribution in [2.45, 2.75) is 39.2 Å². The Morgan fingerprint density at radius 2 is 2.05 bits per heavy atom. The Labute approximate surface area is 131 Å². The summed E-state index contributed by atoms with van der Waals surface area (Å²) in [6.45, 7) is 8.33. The fraction of sp³-hybridized carbons (Fsp3) is 0.625. The van der Waals surface area contributed by atoms with Crippen LogP contribution in [0.1, 0.15) is 33.6 Å². The molecule has 0 saturated carbocycles. The van der Waals surface area contributed by atoms with Crippen LogP contribution in [0.2, 0.25) is 0 Å². The fourth-order valence-corrected chi connectivity index (χ4v) is 2.23. The summed E-state index contributed by atoms with van der Waals surface area (Å²) < 4.78 is 10.7. The van der Waals surface area contributed by atoms with Gasteiger partial charge in [0.25, 0.3) is 0 Å². The summed E-state index contributed by atoms with van der Waals surface area (Å²) in [5.41, 5.74) is -0.490. The van der Waals surface area contributed by atoms with E-state index < -0.39 is 11.7 Å². The number of nitrogens with one attached hydrogen (secondary N) is 1. The van der Waals surface area contributed by atoms with E-state index in [1.165, 1.54) is 12.8 Å². The maximum atomic E-state index is 11.5. The SMILES string of the molecule is CC(C)(C)OC(=O)NCCOc1cccc(N2CCCC2)n1. The molecule has 1 fully saturated rings. The summed E-state index contributed by atoms with van der Waals surface area (Å²) in [6, 6.07) is 5.77. The lowest BCUT2D eigenvalue weighted by Crippen LogP contribution is -2.34. The molecule has 2 rings (SSSR count). The Hall–Kier alpha value is -1.98. The average Bonchev–Trinajstić information content (AvgIpc) is 2.96. The number of anilines is 1. The average molecular weight is 307 g/mol. The van der Waals surface area contributed by atoms with Crippen molar-refractivity contribution in [2.24, 2.45) is 0 Å². The first-order chi connectivity index (χ1) is 10.4. The number of hydrogen-bond acceptors (Lipinski definition) is 5. The minimum Gasteiger partial charge on any atom is -0.476 e. The van der Waals surface area contributed by atoms with Crippen LogP contribution in [0.15, 0.2) is 18.2 Å². The second-order valence-corrected chi connectivity index (χ2v) is 6.31. The van der Waals surface area contributed by atoms with Gasteiger partial charge in [0, 0.05) is 19.2 Å². The highest BCUT2D eigenvalue weighted by Gasteiger charge is 2.16. The first kappa shape index (κ1) is 16.4. The molecule has 1 amide bonds. The molecular weight excluding hydrogens is 282 g/mol. The Kier molecular flexibility index (Phi) is 5.46. The molecule has 1 aliphatic rings. The Balaban J connectivity index is 1.73. The molecule has 0 aromatic carbocycles. The van der Waals surface area contributed by atoms with Gasteiger partial charge < -0.3 is 19.7 Å². The smallest absolute Gasteiger partial charge is 0.407 e. The molecular formula is C16H25N3O3. The zero-order valence-corrected chi connectivity index (χ0v) is 13.6. The molecule has 0 bridgehead atoms. The van der Waals surface area contributed by atoms with E-state index in [1.807, 2.05) is 39.0 Å². The molecule has 22 heavy (non-hydrogen) atoms. The fourth-order valence-electron chi connectivity index (χ4n) is 2.23. The number of amides is 1. The zero-order valence-electron chi connectivity index (χ0n) is 13.6. The number of aromatic nitrogens is 1. The van der Waals surface area contributed by atoms with Crippen molar-refractivity contribution < 1.29 is 14.3 Å². The van der Waals surface area contributed by atoms with E-state index in [4.69, 9.17) is 9.47 Å². The lowest BCUT2D eigenvalue weighted by atomic mass is 10.2. The molecule has 122 valence electrons. The summed E-state index contributed by atoms with van der Waals surface area (Å²) in [5, 5.41) is 2.65. The lowest BCUT2D eigenvalue weighted by Gasteiger charge is -2.19. The van der Waals surface area contributed by atoms with Crippen molar-refractivity contribution >= 4 is 11.9 Å². The van der Waals surface area contributed by atoms with E-state index in [0.29, 0.717) is 19.0 Å². The number of ether oxygens (including phenoxy) is 2. The summed E-state index contributed by atoms with van der Waals surface area (Å²) in [4.78, 5) is 18.2. The van der Waals surface area contributed by atoms with Crippen LogP contribution >= 0.6 is 0 Å². The van der Waals surface area contributed by atoms with Crippen molar-refractivity contribution in [2.75, 3.05) is 31.1 Å². The molecule has 0 unspecified atom stereocenters. The van der Waals surface area contributed by atoms with E-state index in [9.17, 15) is 4.79 Å². The first-order valence-corrected chi connectivity index (χ1v) is 7.76. The van der Waals surface area contributed by atoms with Gasteiger partial charge in [0.05, 0.1) is 6.54 Å². The molecule has 0 aliphatic carbocycles. The van der Waals surface area contributed by atoms with Crippen LogP contribution < -0.4 is 15.0 Å². The highest BCUT2D eigenvalue weighted by Crippen LogP contribution is 2.20. The number of nitrogens with zero attached hydrogens (tertiary/aromatic N) is 2. The highest BCUT2D eigenvalue weighted by molar-refractivity contribution is 5.67. The summed E-state index contributed by atoms with van der Waals surface area (Å²) in [6.07, 6.45) is 1.99. The number of rotatable bonds is 5. The number of carbonyl (C=O) groups is 1. The first-order valence-electron chi connectivity index (χ1n) is 7.76. The van der Waals surface area contributed by atoms with Gasteiger partial charge >= 0.3 is 6.09 Å². The van der Waals surface area contributed by atoms with Crippen LogP contribution in [0, 0.1) is 0 Å². The van der Waals surface area contributed by atoms with Gasteiger partial charge in [-0.1, -0.05) is 6.07 Å². The molecule has 1 aliphatic heterocycles. The van der Waals surface area contributed by atoms with E-state index in [2.05, 4.69) is 15.2 Å². The number of alkyl carbamates (subject to hydrolysis) is 1. The predicted molar refractivity (Wildman–Crippen MR) is 85.4 cm³/mol. The third kappa shape index (κ3) is 5.42. The van der Waals surface area contributed by atoms with Crippen LogP contribution in [-0.4, -0.2) is 42.9 Å². The lowest BCUT2D eigenvalue weighted by molar-refractivity contribution is 0.0520. The second-order valence-electron chi connectivity index (χ2n) is 6.31. The molecule has 0 radical (unpaired) electrons. The molecule has 1 aromatic heterocycles. The summed E-state index contributed by atoms with van der Waals surface area (Å²) in [7, 11) is 0. The molecule has 0 spiro atoms. The van der Waals surface area contributed by atoms with Crippen molar-refractivity contribution in [3.63, 3.8) is 0 Å². The van der Waals surface area contributed by atoms with Gasteiger partial charge in [-0.2, -0.15) is 4.98 Å². The summed E-state index contributed by atoms with van der Waals surface area (Å²) in [5.74, 6) is 1.53. The molecule has 1 aromatic rings. The second kappa shape index (κ2) is 7.33. The van der Waals surface area contributed by atoms with Gasteiger partial charge in [-0.3, -0.25) is 0 Å². The van der Waals surface area contributed by atoms with Crippen molar-refractivity contribution in [3.05, 3.63) is 18.2 Å². The maximum Gasteiger partial charge on any atom is 0.407 e. The molecule has 0 atom stereocenters. The molecule has 2 heterocycles. The van der Waals surface area contributed by atoms with Crippen molar-refractivity contribution in [1.82, 2.24) is 10.3 Å². The Morgan fingerprint density at radius 1 is 1.32 bits per heavy atom. The van der Waals surface area contributed by atoms with Crippen molar-refractivity contribution in [1.29, 1.82) is 0 Å². The largest absolute Gasteiger partial charge is 0.476 e. The molecule has 6 nitrogen and oxygen atoms in total. The van der Waals surface area contributed by atoms with Crippen LogP contribution in [0.25, 0.3) is 0 Å². The standard InChI is InChI=1S/C16H25N3O3/c1-16(2,3)22-15(20)17-9-12-21-14-8-6-7-13(18-14)19-10-4-5-11-19/h6-8H,4-5,9-12H2,1-3H3,(H,17,20). The van der Waals surface area contributed by atoms with Crippen LogP contribution in [-0.2, 0) is 4.74 Å². The molecule has 6 heteroatoms. The van der Waals surface area contributed by atoms with Crippen LogP contribution in [0.3, 0.4) is 0 Å². The minimum atomic E-state index is -0.490.